The molecule has 17 heavy (non-hydrogen) atoms. The summed E-state index contributed by atoms with van der Waals surface area (Å²) < 4.78 is 5.48. The summed E-state index contributed by atoms with van der Waals surface area (Å²) in [4.78, 5) is 2.32. The Kier molecular flexibility index (Phi) is 2.63. The Morgan fingerprint density at radius 2 is 1.94 bits per heavy atom. The number of halogens is 1. The van der Waals surface area contributed by atoms with Crippen molar-refractivity contribution in [2.75, 3.05) is 18.0 Å². The molecule has 1 N–H and O–H groups in total. The van der Waals surface area contributed by atoms with E-state index < -0.39 is 0 Å². The number of anilines is 1. The topological polar surface area (TPSA) is 36.6 Å². The molecule has 1 saturated heterocycles. The summed E-state index contributed by atoms with van der Waals surface area (Å²) in [5, 5.41) is 10.9. The van der Waals surface area contributed by atoms with Crippen LogP contribution < -0.4 is 4.90 Å². The Morgan fingerprint density at radius 3 is 2.71 bits per heavy atom. The monoisotopic (exact) mass is 251 g/mol. The zero-order valence-electron chi connectivity index (χ0n) is 9.45. The molecule has 0 saturated carbocycles. The lowest BCUT2D eigenvalue weighted by Crippen LogP contribution is -2.29. The number of rotatable bonds is 1. The second-order valence-corrected chi connectivity index (χ2v) is 4.88. The number of phenols is 1. The van der Waals surface area contributed by atoms with Gasteiger partial charge in [0.2, 0.25) is 0 Å². The fourth-order valence-corrected chi connectivity index (χ4v) is 2.57. The molecule has 0 spiro atoms. The van der Waals surface area contributed by atoms with Gasteiger partial charge in [-0.05, 0) is 25.3 Å². The molecule has 1 aliphatic rings. The molecule has 1 fully saturated rings. The highest BCUT2D eigenvalue weighted by atomic mass is 35.5. The van der Waals surface area contributed by atoms with Crippen LogP contribution in [0.5, 0.6) is 5.75 Å². The molecule has 0 bridgehead atoms. The number of hydrogen-bond donors (Lipinski definition) is 1. The van der Waals surface area contributed by atoms with Crippen LogP contribution in [-0.2, 0) is 0 Å². The SMILES string of the molecule is Oc1cc2occ(N3CCCCC3)c2cc1Cl. The van der Waals surface area contributed by atoms with E-state index in [-0.39, 0.29) is 5.75 Å². The maximum atomic E-state index is 9.53. The summed E-state index contributed by atoms with van der Waals surface area (Å²) >= 11 is 5.95. The molecule has 1 aromatic carbocycles. The van der Waals surface area contributed by atoms with Gasteiger partial charge in [0.1, 0.15) is 17.6 Å². The fourth-order valence-electron chi connectivity index (χ4n) is 2.40. The predicted octanol–water partition coefficient (Wildman–Crippen LogP) is 3.78. The van der Waals surface area contributed by atoms with Crippen LogP contribution in [-0.4, -0.2) is 18.2 Å². The van der Waals surface area contributed by atoms with Gasteiger partial charge in [-0.1, -0.05) is 11.6 Å². The Hall–Kier alpha value is -1.35. The van der Waals surface area contributed by atoms with E-state index in [4.69, 9.17) is 16.0 Å². The van der Waals surface area contributed by atoms with Gasteiger partial charge in [-0.25, -0.2) is 0 Å². The van der Waals surface area contributed by atoms with Crippen molar-refractivity contribution in [1.29, 1.82) is 0 Å². The number of aromatic hydroxyl groups is 1. The molecule has 0 radical (unpaired) electrons. The summed E-state index contributed by atoms with van der Waals surface area (Å²) in [5.41, 5.74) is 1.77. The maximum Gasteiger partial charge on any atom is 0.139 e. The number of fused-ring (bicyclic) bond motifs is 1. The molecule has 1 aliphatic heterocycles. The van der Waals surface area contributed by atoms with Gasteiger partial charge in [-0.15, -0.1) is 0 Å². The van der Waals surface area contributed by atoms with E-state index >= 15 is 0 Å². The molecule has 0 unspecified atom stereocenters. The summed E-state index contributed by atoms with van der Waals surface area (Å²) in [6, 6.07) is 3.35. The van der Waals surface area contributed by atoms with Crippen LogP contribution in [0.2, 0.25) is 5.02 Å². The Balaban J connectivity index is 2.07. The van der Waals surface area contributed by atoms with Crippen molar-refractivity contribution in [3.8, 4) is 5.75 Å². The van der Waals surface area contributed by atoms with Crippen molar-refractivity contribution in [3.63, 3.8) is 0 Å². The molecule has 0 amide bonds. The van der Waals surface area contributed by atoms with E-state index in [1.165, 1.54) is 19.3 Å². The first kappa shape index (κ1) is 10.8. The van der Waals surface area contributed by atoms with Crippen molar-refractivity contribution in [2.24, 2.45) is 0 Å². The molecule has 2 aromatic rings. The predicted molar refractivity (Wildman–Crippen MR) is 69.0 cm³/mol. The van der Waals surface area contributed by atoms with Crippen molar-refractivity contribution in [2.45, 2.75) is 19.3 Å². The highest BCUT2D eigenvalue weighted by Gasteiger charge is 2.17. The molecule has 3 nitrogen and oxygen atoms in total. The lowest BCUT2D eigenvalue weighted by Gasteiger charge is -2.27. The second kappa shape index (κ2) is 4.15. The first-order valence-corrected chi connectivity index (χ1v) is 6.28. The Bertz CT molecular complexity index is 544. The van der Waals surface area contributed by atoms with Crippen LogP contribution in [0.25, 0.3) is 11.0 Å². The highest BCUT2D eigenvalue weighted by molar-refractivity contribution is 6.33. The van der Waals surface area contributed by atoms with Crippen LogP contribution in [0.4, 0.5) is 5.69 Å². The molecule has 0 atom stereocenters. The van der Waals surface area contributed by atoms with Crippen LogP contribution in [0.3, 0.4) is 0 Å². The number of hydrogen-bond acceptors (Lipinski definition) is 3. The van der Waals surface area contributed by atoms with Crippen LogP contribution in [0.1, 0.15) is 19.3 Å². The van der Waals surface area contributed by atoms with Crippen molar-refractivity contribution in [3.05, 3.63) is 23.4 Å². The fraction of sp³-hybridized carbons (Fsp3) is 0.385. The van der Waals surface area contributed by atoms with Crippen molar-refractivity contribution >= 4 is 28.3 Å². The Labute approximate surface area is 105 Å². The zero-order chi connectivity index (χ0) is 11.8. The minimum atomic E-state index is 0.0683. The molecule has 2 heterocycles. The molecule has 90 valence electrons. The number of benzene rings is 1. The first-order valence-electron chi connectivity index (χ1n) is 5.90. The standard InChI is InChI=1S/C13H14ClNO2/c14-10-6-9-11(15-4-2-1-3-5-15)8-17-13(9)7-12(10)16/h6-8,16H,1-5H2. The molecule has 3 rings (SSSR count). The third-order valence-corrected chi connectivity index (χ3v) is 3.62. The normalized spacial score (nSPS) is 16.6. The first-order chi connectivity index (χ1) is 8.25. The van der Waals surface area contributed by atoms with Gasteiger partial charge >= 0.3 is 0 Å². The minimum Gasteiger partial charge on any atom is -0.506 e. The number of piperidine rings is 1. The number of phenolic OH excluding ortho intramolecular Hbond substituents is 1. The summed E-state index contributed by atoms with van der Waals surface area (Å²) in [7, 11) is 0. The van der Waals surface area contributed by atoms with Gasteiger partial charge in [0.05, 0.1) is 10.7 Å². The van der Waals surface area contributed by atoms with Crippen molar-refractivity contribution in [1.82, 2.24) is 0 Å². The van der Waals surface area contributed by atoms with E-state index in [1.807, 2.05) is 0 Å². The van der Waals surface area contributed by atoms with Crippen molar-refractivity contribution < 1.29 is 9.52 Å². The molecular weight excluding hydrogens is 238 g/mol. The largest absolute Gasteiger partial charge is 0.506 e. The zero-order valence-corrected chi connectivity index (χ0v) is 10.2. The van der Waals surface area contributed by atoms with Gasteiger partial charge in [0.25, 0.3) is 0 Å². The van der Waals surface area contributed by atoms with Crippen LogP contribution in [0.15, 0.2) is 22.8 Å². The smallest absolute Gasteiger partial charge is 0.139 e. The molecule has 0 aliphatic carbocycles. The molecular formula is C13H14ClNO2. The van der Waals surface area contributed by atoms with E-state index in [2.05, 4.69) is 4.90 Å². The van der Waals surface area contributed by atoms with Gasteiger partial charge in [0.15, 0.2) is 0 Å². The quantitative estimate of drug-likeness (QED) is 0.838. The lowest BCUT2D eigenvalue weighted by molar-refractivity contribution is 0.474. The van der Waals surface area contributed by atoms with Gasteiger partial charge in [0, 0.05) is 24.5 Å². The van der Waals surface area contributed by atoms with E-state index in [0.29, 0.717) is 10.6 Å². The third-order valence-electron chi connectivity index (χ3n) is 3.32. The summed E-state index contributed by atoms with van der Waals surface area (Å²) in [5.74, 6) is 0.0683. The highest BCUT2D eigenvalue weighted by Crippen LogP contribution is 2.36. The van der Waals surface area contributed by atoms with Gasteiger partial charge in [-0.2, -0.15) is 0 Å². The minimum absolute atomic E-state index is 0.0683. The molecule has 1 aromatic heterocycles. The van der Waals surface area contributed by atoms with Crippen LogP contribution >= 0.6 is 11.6 Å². The van der Waals surface area contributed by atoms with E-state index in [9.17, 15) is 5.11 Å². The maximum absolute atomic E-state index is 9.53. The van der Waals surface area contributed by atoms with Gasteiger partial charge < -0.3 is 14.4 Å². The van der Waals surface area contributed by atoms with Crippen LogP contribution in [0, 0.1) is 0 Å². The average molecular weight is 252 g/mol. The van der Waals surface area contributed by atoms with E-state index in [0.717, 1.165) is 24.2 Å². The van der Waals surface area contributed by atoms with E-state index in [1.54, 1.807) is 18.4 Å². The Morgan fingerprint density at radius 1 is 1.18 bits per heavy atom. The lowest BCUT2D eigenvalue weighted by atomic mass is 10.1. The third kappa shape index (κ3) is 1.84. The second-order valence-electron chi connectivity index (χ2n) is 4.47. The summed E-state index contributed by atoms with van der Waals surface area (Å²) in [6.45, 7) is 2.13. The molecule has 4 heteroatoms. The average Bonchev–Trinajstić information content (AvgIpc) is 2.74. The summed E-state index contributed by atoms with van der Waals surface area (Å²) in [6.07, 6.45) is 5.50. The number of nitrogens with zero attached hydrogens (tertiary/aromatic N) is 1. The number of furan rings is 1. The van der Waals surface area contributed by atoms with Gasteiger partial charge in [-0.3, -0.25) is 0 Å².